The minimum absolute atomic E-state index is 0.0536. The Kier molecular flexibility index (Phi) is 3.85. The Morgan fingerprint density at radius 2 is 2.19 bits per heavy atom. The Balaban J connectivity index is 3.16. The SMILES string of the molecule is CN(C)c1nc(N)c(C#N)c(OCCO)n1. The molecule has 0 radical (unpaired) electrons. The average Bonchev–Trinajstić information content (AvgIpc) is 2.25. The van der Waals surface area contributed by atoms with Crippen molar-refractivity contribution in [1.29, 1.82) is 5.26 Å². The summed E-state index contributed by atoms with van der Waals surface area (Å²) in [7, 11) is 3.49. The van der Waals surface area contributed by atoms with Crippen LogP contribution in [0, 0.1) is 11.3 Å². The summed E-state index contributed by atoms with van der Waals surface area (Å²) in [4.78, 5) is 9.60. The number of ether oxygens (including phenoxy) is 1. The molecule has 0 saturated carbocycles. The van der Waals surface area contributed by atoms with Gasteiger partial charge in [0.05, 0.1) is 6.61 Å². The first-order valence-electron chi connectivity index (χ1n) is 4.58. The van der Waals surface area contributed by atoms with E-state index in [1.165, 1.54) is 0 Å². The molecule has 0 fully saturated rings. The van der Waals surface area contributed by atoms with E-state index in [0.717, 1.165) is 0 Å². The largest absolute Gasteiger partial charge is 0.474 e. The third-order valence-electron chi connectivity index (χ3n) is 1.73. The molecule has 0 bridgehead atoms. The molecule has 1 heterocycles. The number of nitrogens with two attached hydrogens (primary N) is 1. The van der Waals surface area contributed by atoms with Crippen LogP contribution in [0.15, 0.2) is 0 Å². The highest BCUT2D eigenvalue weighted by Crippen LogP contribution is 2.22. The maximum absolute atomic E-state index is 8.86. The van der Waals surface area contributed by atoms with Gasteiger partial charge in [0, 0.05) is 14.1 Å². The summed E-state index contributed by atoms with van der Waals surface area (Å²) in [6.45, 7) is -0.107. The second-order valence-electron chi connectivity index (χ2n) is 3.17. The van der Waals surface area contributed by atoms with Crippen LogP contribution in [0.4, 0.5) is 11.8 Å². The number of aliphatic hydroxyl groups is 1. The Morgan fingerprint density at radius 3 is 2.69 bits per heavy atom. The molecule has 0 aromatic carbocycles. The molecule has 0 atom stereocenters. The molecule has 0 saturated heterocycles. The Bertz CT molecular complexity index is 413. The van der Waals surface area contributed by atoms with Crippen molar-refractivity contribution >= 4 is 11.8 Å². The number of nitriles is 1. The maximum Gasteiger partial charge on any atom is 0.238 e. The Labute approximate surface area is 93.1 Å². The van der Waals surface area contributed by atoms with Crippen LogP contribution in [0.1, 0.15) is 5.56 Å². The van der Waals surface area contributed by atoms with Crippen molar-refractivity contribution < 1.29 is 9.84 Å². The predicted molar refractivity (Wildman–Crippen MR) is 58.1 cm³/mol. The van der Waals surface area contributed by atoms with E-state index in [9.17, 15) is 0 Å². The fourth-order valence-corrected chi connectivity index (χ4v) is 0.997. The van der Waals surface area contributed by atoms with Crippen LogP contribution in [0.2, 0.25) is 0 Å². The lowest BCUT2D eigenvalue weighted by Crippen LogP contribution is -2.16. The molecule has 7 nitrogen and oxygen atoms in total. The lowest BCUT2D eigenvalue weighted by atomic mass is 10.3. The zero-order valence-corrected chi connectivity index (χ0v) is 9.14. The highest BCUT2D eigenvalue weighted by molar-refractivity contribution is 5.57. The topological polar surface area (TPSA) is 108 Å². The molecule has 0 aliphatic carbocycles. The third kappa shape index (κ3) is 2.49. The number of hydrogen-bond acceptors (Lipinski definition) is 7. The van der Waals surface area contributed by atoms with E-state index in [1.807, 2.05) is 6.07 Å². The summed E-state index contributed by atoms with van der Waals surface area (Å²) >= 11 is 0. The van der Waals surface area contributed by atoms with Crippen molar-refractivity contribution in [2.45, 2.75) is 0 Å². The Morgan fingerprint density at radius 1 is 1.50 bits per heavy atom. The maximum atomic E-state index is 8.86. The molecule has 0 amide bonds. The number of hydrogen-bond donors (Lipinski definition) is 2. The lowest BCUT2D eigenvalue weighted by Gasteiger charge is -2.13. The van der Waals surface area contributed by atoms with Crippen LogP contribution in [0.25, 0.3) is 0 Å². The van der Waals surface area contributed by atoms with E-state index in [2.05, 4.69) is 9.97 Å². The van der Waals surface area contributed by atoms with Gasteiger partial charge in [0.1, 0.15) is 12.7 Å². The number of aromatic nitrogens is 2. The first-order chi connectivity index (χ1) is 7.60. The molecular formula is C9H13N5O2. The van der Waals surface area contributed by atoms with Gasteiger partial charge in [-0.25, -0.2) is 0 Å². The zero-order valence-electron chi connectivity index (χ0n) is 9.14. The van der Waals surface area contributed by atoms with Crippen LogP contribution in [-0.2, 0) is 0 Å². The monoisotopic (exact) mass is 223 g/mol. The summed E-state index contributed by atoms with van der Waals surface area (Å²) in [6, 6.07) is 1.86. The smallest absolute Gasteiger partial charge is 0.238 e. The van der Waals surface area contributed by atoms with Gasteiger partial charge in [-0.05, 0) is 0 Å². The molecule has 16 heavy (non-hydrogen) atoms. The summed E-state index contributed by atoms with van der Waals surface area (Å²) in [6.07, 6.45) is 0. The van der Waals surface area contributed by atoms with E-state index in [4.69, 9.17) is 20.8 Å². The first kappa shape index (κ1) is 12.0. The van der Waals surface area contributed by atoms with Gasteiger partial charge in [0.25, 0.3) is 0 Å². The minimum Gasteiger partial charge on any atom is -0.474 e. The molecule has 1 aromatic heterocycles. The van der Waals surface area contributed by atoms with E-state index in [0.29, 0.717) is 5.95 Å². The van der Waals surface area contributed by atoms with Gasteiger partial charge in [-0.2, -0.15) is 15.2 Å². The highest BCUT2D eigenvalue weighted by Gasteiger charge is 2.14. The van der Waals surface area contributed by atoms with Crippen molar-refractivity contribution in [1.82, 2.24) is 9.97 Å². The molecule has 1 aromatic rings. The molecule has 1 rings (SSSR count). The molecule has 0 spiro atoms. The summed E-state index contributed by atoms with van der Waals surface area (Å²) in [5.74, 6) is 0.506. The summed E-state index contributed by atoms with van der Waals surface area (Å²) in [5.41, 5.74) is 5.68. The van der Waals surface area contributed by atoms with Crippen molar-refractivity contribution in [3.8, 4) is 11.9 Å². The Hall–Kier alpha value is -2.07. The van der Waals surface area contributed by atoms with E-state index < -0.39 is 0 Å². The molecule has 7 heteroatoms. The quantitative estimate of drug-likeness (QED) is 0.699. The number of aliphatic hydroxyl groups excluding tert-OH is 1. The van der Waals surface area contributed by atoms with Gasteiger partial charge in [0.15, 0.2) is 11.4 Å². The second-order valence-corrected chi connectivity index (χ2v) is 3.17. The van der Waals surface area contributed by atoms with Crippen molar-refractivity contribution in [2.75, 3.05) is 37.9 Å². The van der Waals surface area contributed by atoms with Gasteiger partial charge in [0.2, 0.25) is 11.8 Å². The molecule has 0 aliphatic rings. The van der Waals surface area contributed by atoms with Crippen molar-refractivity contribution in [2.24, 2.45) is 0 Å². The zero-order chi connectivity index (χ0) is 12.1. The van der Waals surface area contributed by atoms with Crippen LogP contribution >= 0.6 is 0 Å². The molecular weight excluding hydrogens is 210 g/mol. The van der Waals surface area contributed by atoms with Crippen LogP contribution in [0.5, 0.6) is 5.88 Å². The molecule has 0 unspecified atom stereocenters. The van der Waals surface area contributed by atoms with Crippen LogP contribution in [0.3, 0.4) is 0 Å². The van der Waals surface area contributed by atoms with E-state index in [-0.39, 0.29) is 30.5 Å². The summed E-state index contributed by atoms with van der Waals surface area (Å²) in [5, 5.41) is 17.5. The van der Waals surface area contributed by atoms with Crippen molar-refractivity contribution in [3.63, 3.8) is 0 Å². The van der Waals surface area contributed by atoms with Gasteiger partial charge in [-0.1, -0.05) is 0 Å². The van der Waals surface area contributed by atoms with Crippen molar-refractivity contribution in [3.05, 3.63) is 5.56 Å². The standard InChI is InChI=1S/C9H13N5O2/c1-14(2)9-12-7(11)6(5-10)8(13-9)16-4-3-15/h15H,3-4H2,1-2H3,(H2,11,12,13). The number of nitrogen functional groups attached to an aromatic ring is 1. The number of nitrogens with zero attached hydrogens (tertiary/aromatic N) is 4. The lowest BCUT2D eigenvalue weighted by molar-refractivity contribution is 0.196. The van der Waals surface area contributed by atoms with Gasteiger partial charge < -0.3 is 20.5 Å². The minimum atomic E-state index is -0.161. The molecule has 86 valence electrons. The summed E-state index contributed by atoms with van der Waals surface area (Å²) < 4.78 is 5.12. The number of rotatable bonds is 4. The van der Waals surface area contributed by atoms with E-state index in [1.54, 1.807) is 19.0 Å². The van der Waals surface area contributed by atoms with Crippen LogP contribution in [-0.4, -0.2) is 42.4 Å². The van der Waals surface area contributed by atoms with Gasteiger partial charge in [-0.15, -0.1) is 0 Å². The second kappa shape index (κ2) is 5.14. The normalized spacial score (nSPS) is 9.62. The van der Waals surface area contributed by atoms with Gasteiger partial charge >= 0.3 is 0 Å². The van der Waals surface area contributed by atoms with Gasteiger partial charge in [-0.3, -0.25) is 0 Å². The molecule has 3 N–H and O–H groups in total. The highest BCUT2D eigenvalue weighted by atomic mass is 16.5. The fraction of sp³-hybridized carbons (Fsp3) is 0.444. The first-order valence-corrected chi connectivity index (χ1v) is 4.58. The predicted octanol–water partition coefficient (Wildman–Crippen LogP) is -0.632. The number of anilines is 2. The molecule has 0 aliphatic heterocycles. The fourth-order valence-electron chi connectivity index (χ4n) is 0.997. The average molecular weight is 223 g/mol. The third-order valence-corrected chi connectivity index (χ3v) is 1.73. The van der Waals surface area contributed by atoms with Crippen LogP contribution < -0.4 is 15.4 Å². The van der Waals surface area contributed by atoms with E-state index >= 15 is 0 Å².